The molecule has 0 aliphatic heterocycles. The van der Waals surface area contributed by atoms with Gasteiger partial charge in [0, 0.05) is 12.8 Å². The first-order valence-corrected chi connectivity index (χ1v) is 30.4. The van der Waals surface area contributed by atoms with Crippen molar-refractivity contribution in [1.29, 1.82) is 0 Å². The van der Waals surface area contributed by atoms with E-state index in [0.717, 1.165) is 96.3 Å². The second kappa shape index (κ2) is 51.9. The van der Waals surface area contributed by atoms with Crippen LogP contribution in [0, 0.1) is 0 Å². The van der Waals surface area contributed by atoms with Crippen molar-refractivity contribution in [2.75, 3.05) is 40.9 Å². The predicted octanol–water partition coefficient (Wildman–Crippen LogP) is 17.5. The van der Waals surface area contributed by atoms with E-state index in [2.05, 4.69) is 135 Å². The topological polar surface area (TPSA) is 111 Å². The first kappa shape index (κ1) is 69.4. The van der Waals surface area contributed by atoms with Crippen molar-refractivity contribution in [3.05, 3.63) is 122 Å². The highest BCUT2D eigenvalue weighted by Crippen LogP contribution is 2.43. The van der Waals surface area contributed by atoms with Gasteiger partial charge in [-0.1, -0.05) is 207 Å². The normalized spacial score (nSPS) is 14.7. The summed E-state index contributed by atoms with van der Waals surface area (Å²) in [6, 6.07) is -0.899. The number of rotatable bonds is 50. The van der Waals surface area contributed by atoms with Gasteiger partial charge in [-0.25, -0.2) is 4.57 Å². The van der Waals surface area contributed by atoms with Crippen molar-refractivity contribution in [2.24, 2.45) is 0 Å². The SMILES string of the molecule is CC/C=C\C/C=C\C/C=C\C/C=C\C/C=C\CCCC(=O)NC(COP(=O)(O)OCC[N+](C)(C)C)C(/C=C/CCCCCCCCCCC)OC(=O)CCCCC/C=C\C/C=C\C/C=C\C/C=C\CCCCC. The van der Waals surface area contributed by atoms with Gasteiger partial charge in [0.25, 0.3) is 0 Å². The van der Waals surface area contributed by atoms with E-state index < -0.39 is 20.0 Å². The van der Waals surface area contributed by atoms with Crippen LogP contribution in [0.4, 0.5) is 0 Å². The number of esters is 1. The molecule has 2 N–H and O–H groups in total. The van der Waals surface area contributed by atoms with Gasteiger partial charge >= 0.3 is 13.8 Å². The lowest BCUT2D eigenvalue weighted by Crippen LogP contribution is -2.47. The Morgan fingerprint density at radius 2 is 0.890 bits per heavy atom. The summed E-state index contributed by atoms with van der Waals surface area (Å²) in [6.07, 6.45) is 72.1. The van der Waals surface area contributed by atoms with Crippen LogP contribution in [0.25, 0.3) is 0 Å². The molecule has 0 saturated carbocycles. The van der Waals surface area contributed by atoms with E-state index in [-0.39, 0.29) is 37.9 Å². The third-order valence-electron chi connectivity index (χ3n) is 11.9. The molecule has 0 aliphatic carbocycles. The zero-order valence-corrected chi connectivity index (χ0v) is 48.2. The van der Waals surface area contributed by atoms with E-state index in [1.54, 1.807) is 0 Å². The first-order valence-electron chi connectivity index (χ1n) is 28.9. The van der Waals surface area contributed by atoms with Crippen LogP contribution < -0.4 is 5.32 Å². The Morgan fingerprint density at radius 1 is 0.493 bits per heavy atom. The van der Waals surface area contributed by atoms with Crippen LogP contribution in [-0.2, 0) is 27.9 Å². The number of phosphoric ester groups is 1. The van der Waals surface area contributed by atoms with Crippen LogP contribution in [0.5, 0.6) is 0 Å². The van der Waals surface area contributed by atoms with Gasteiger partial charge in [-0.3, -0.25) is 18.6 Å². The smallest absolute Gasteiger partial charge is 0.456 e. The van der Waals surface area contributed by atoms with Crippen molar-refractivity contribution in [2.45, 2.75) is 226 Å². The summed E-state index contributed by atoms with van der Waals surface area (Å²) in [7, 11) is 1.42. The molecule has 0 saturated heterocycles. The molecule has 416 valence electrons. The number of likely N-dealkylation sites (N-methyl/N-ethyl adjacent to an activating group) is 1. The monoisotopic (exact) mass is 1040 g/mol. The number of ether oxygens (including phenoxy) is 1. The second-order valence-electron chi connectivity index (χ2n) is 20.1. The predicted molar refractivity (Wildman–Crippen MR) is 313 cm³/mol. The highest BCUT2D eigenvalue weighted by Gasteiger charge is 2.30. The lowest BCUT2D eigenvalue weighted by molar-refractivity contribution is -0.870. The molecular weight excluding hydrogens is 928 g/mol. The third kappa shape index (κ3) is 53.1. The highest BCUT2D eigenvalue weighted by molar-refractivity contribution is 7.47. The molecule has 3 atom stereocenters. The van der Waals surface area contributed by atoms with Crippen molar-refractivity contribution in [3.63, 3.8) is 0 Å². The standard InChI is InChI=1S/C63H107N2O7P/c1-7-10-13-16-19-22-25-27-29-31-32-34-36-38-41-44-47-50-53-56-63(67)72-61(54-51-48-45-42-39-24-21-18-15-12-9-3)60(59-71-73(68,69)70-58-57-65(4,5)6)64-62(66)55-52-49-46-43-40-37-35-33-30-28-26-23-20-17-14-11-8-2/h11,14,19-20,22-23,27-30,32,34-35,37-38,41,43,46,51,54,60-61H,7-10,12-13,15-18,21,24-26,31,33,36,39-40,42,44-45,47-50,52-53,55-59H2,1-6H3,(H-,64,66,68,69)/p+1/b14-11-,22-19-,23-20-,29-27-,30-28-,34-32-,37-35-,41-38-,46-43-,54-51+. The lowest BCUT2D eigenvalue weighted by atomic mass is 10.1. The molecule has 10 heteroatoms. The van der Waals surface area contributed by atoms with Gasteiger partial charge in [0.15, 0.2) is 0 Å². The summed E-state index contributed by atoms with van der Waals surface area (Å²) in [4.78, 5) is 37.6. The Hall–Kier alpha value is -3.59. The summed E-state index contributed by atoms with van der Waals surface area (Å²) in [5.41, 5.74) is 0. The average Bonchev–Trinajstić information content (AvgIpc) is 3.35. The molecule has 0 aromatic rings. The Morgan fingerprint density at radius 3 is 1.37 bits per heavy atom. The minimum Gasteiger partial charge on any atom is -0.456 e. The highest BCUT2D eigenvalue weighted by atomic mass is 31.2. The summed E-state index contributed by atoms with van der Waals surface area (Å²) >= 11 is 0. The first-order chi connectivity index (χ1) is 35.4. The Kier molecular flexibility index (Phi) is 49.3. The average molecular weight is 1040 g/mol. The van der Waals surface area contributed by atoms with Gasteiger partial charge in [-0.2, -0.15) is 0 Å². The number of phosphoric acid groups is 1. The zero-order chi connectivity index (χ0) is 53.6. The number of hydrogen-bond acceptors (Lipinski definition) is 6. The van der Waals surface area contributed by atoms with Gasteiger partial charge < -0.3 is 19.4 Å². The van der Waals surface area contributed by atoms with Crippen molar-refractivity contribution >= 4 is 19.7 Å². The lowest BCUT2D eigenvalue weighted by Gasteiger charge is -2.27. The van der Waals surface area contributed by atoms with Gasteiger partial charge in [0.1, 0.15) is 19.3 Å². The van der Waals surface area contributed by atoms with Crippen molar-refractivity contribution < 1.29 is 37.3 Å². The van der Waals surface area contributed by atoms with Crippen LogP contribution in [0.15, 0.2) is 122 Å². The van der Waals surface area contributed by atoms with Gasteiger partial charge in [-0.15, -0.1) is 0 Å². The quantitative estimate of drug-likeness (QED) is 0.0205. The molecule has 0 radical (unpaired) electrons. The molecule has 3 unspecified atom stereocenters. The molecule has 0 fully saturated rings. The number of carbonyl (C=O) groups excluding carboxylic acids is 2. The number of nitrogens with zero attached hydrogens (tertiary/aromatic N) is 1. The maximum atomic E-state index is 13.5. The van der Waals surface area contributed by atoms with Crippen LogP contribution in [0.1, 0.15) is 213 Å². The molecule has 1 amide bonds. The van der Waals surface area contributed by atoms with E-state index in [1.165, 1.54) is 70.6 Å². The van der Waals surface area contributed by atoms with Crippen LogP contribution in [-0.4, -0.2) is 74.3 Å². The number of quaternary nitrogens is 1. The van der Waals surface area contributed by atoms with Gasteiger partial charge in [-0.05, 0) is 115 Å². The largest absolute Gasteiger partial charge is 0.472 e. The van der Waals surface area contributed by atoms with E-state index in [9.17, 15) is 19.0 Å². The second-order valence-corrected chi connectivity index (χ2v) is 21.5. The minimum atomic E-state index is -4.48. The van der Waals surface area contributed by atoms with Crippen molar-refractivity contribution in [1.82, 2.24) is 5.32 Å². The molecule has 0 rings (SSSR count). The Balaban J connectivity index is 5.47. The number of allylic oxidation sites excluding steroid dienone is 19. The fraction of sp³-hybridized carbons (Fsp3) is 0.651. The maximum Gasteiger partial charge on any atom is 0.472 e. The van der Waals surface area contributed by atoms with E-state index >= 15 is 0 Å². The van der Waals surface area contributed by atoms with Gasteiger partial charge in [0.05, 0.1) is 33.8 Å². The summed E-state index contributed by atoms with van der Waals surface area (Å²) < 4.78 is 30.5. The summed E-state index contributed by atoms with van der Waals surface area (Å²) in [6.45, 7) is 6.77. The van der Waals surface area contributed by atoms with E-state index in [1.807, 2.05) is 33.3 Å². The van der Waals surface area contributed by atoms with Crippen molar-refractivity contribution in [3.8, 4) is 0 Å². The number of hydrogen-bond donors (Lipinski definition) is 2. The summed E-state index contributed by atoms with van der Waals surface area (Å²) in [5, 5.41) is 3.00. The molecular formula is C63H108N2O7P+. The van der Waals surface area contributed by atoms with Crippen LogP contribution >= 0.6 is 7.82 Å². The molecule has 0 aromatic heterocycles. The van der Waals surface area contributed by atoms with Gasteiger partial charge in [0.2, 0.25) is 5.91 Å². The summed E-state index contributed by atoms with van der Waals surface area (Å²) in [5.74, 6) is -0.621. The maximum absolute atomic E-state index is 13.5. The molecule has 0 aliphatic rings. The zero-order valence-electron chi connectivity index (χ0n) is 47.3. The number of nitrogens with one attached hydrogen (secondary N) is 1. The fourth-order valence-electron chi connectivity index (χ4n) is 7.43. The van der Waals surface area contributed by atoms with E-state index in [4.69, 9.17) is 13.8 Å². The number of carbonyl (C=O) groups is 2. The molecule has 0 heterocycles. The van der Waals surface area contributed by atoms with E-state index in [0.29, 0.717) is 23.9 Å². The molecule has 73 heavy (non-hydrogen) atoms. The Labute approximate surface area is 448 Å². The number of amides is 1. The third-order valence-corrected chi connectivity index (χ3v) is 12.9. The fourth-order valence-corrected chi connectivity index (χ4v) is 8.16. The number of unbranched alkanes of at least 4 members (excludes halogenated alkanes) is 16. The molecule has 9 nitrogen and oxygen atoms in total. The van der Waals surface area contributed by atoms with Crippen LogP contribution in [0.2, 0.25) is 0 Å². The molecule has 0 spiro atoms. The minimum absolute atomic E-state index is 0.0174. The van der Waals surface area contributed by atoms with Crippen LogP contribution in [0.3, 0.4) is 0 Å². The molecule has 0 aromatic carbocycles. The molecule has 0 bridgehead atoms. The Bertz CT molecular complexity index is 1660.